The minimum Gasteiger partial charge on any atom is -0.495 e. The summed E-state index contributed by atoms with van der Waals surface area (Å²) >= 11 is 5.31. The standard InChI is InChI=1S/C9H9ClFNO2/c1-14-9-2-5(8(13)4-10)6(11)3-7(9)12/h2-3H,4,12H2,1H3. The van der Waals surface area contributed by atoms with Crippen LogP contribution in [0.25, 0.3) is 0 Å². The van der Waals surface area contributed by atoms with Crippen molar-refractivity contribution in [2.75, 3.05) is 18.7 Å². The van der Waals surface area contributed by atoms with Crippen LogP contribution in [0.15, 0.2) is 12.1 Å². The van der Waals surface area contributed by atoms with E-state index in [4.69, 9.17) is 22.1 Å². The first kappa shape index (κ1) is 10.8. The topological polar surface area (TPSA) is 52.3 Å². The number of alkyl halides is 1. The van der Waals surface area contributed by atoms with Crippen molar-refractivity contribution in [3.8, 4) is 5.75 Å². The van der Waals surface area contributed by atoms with Crippen molar-refractivity contribution in [1.82, 2.24) is 0 Å². The van der Waals surface area contributed by atoms with Crippen molar-refractivity contribution in [3.63, 3.8) is 0 Å². The van der Waals surface area contributed by atoms with Gasteiger partial charge in [-0.1, -0.05) is 0 Å². The van der Waals surface area contributed by atoms with E-state index in [9.17, 15) is 9.18 Å². The van der Waals surface area contributed by atoms with E-state index in [1.54, 1.807) is 0 Å². The van der Waals surface area contributed by atoms with Crippen LogP contribution in [0, 0.1) is 5.82 Å². The predicted octanol–water partition coefficient (Wildman–Crippen LogP) is 1.84. The summed E-state index contributed by atoms with van der Waals surface area (Å²) in [6.45, 7) is 0. The van der Waals surface area contributed by atoms with Crippen molar-refractivity contribution in [2.24, 2.45) is 0 Å². The van der Waals surface area contributed by atoms with Crippen molar-refractivity contribution in [2.45, 2.75) is 0 Å². The molecule has 0 saturated carbocycles. The van der Waals surface area contributed by atoms with Gasteiger partial charge in [-0.2, -0.15) is 0 Å². The number of nitrogen functional groups attached to an aromatic ring is 1. The van der Waals surface area contributed by atoms with Crippen LogP contribution >= 0.6 is 11.6 Å². The normalized spacial score (nSPS) is 9.93. The zero-order chi connectivity index (χ0) is 10.7. The molecule has 0 aliphatic carbocycles. The second-order valence-corrected chi connectivity index (χ2v) is 2.90. The van der Waals surface area contributed by atoms with Crippen LogP contribution in [0.1, 0.15) is 10.4 Å². The molecule has 5 heteroatoms. The Hall–Kier alpha value is -1.29. The summed E-state index contributed by atoms with van der Waals surface area (Å²) in [4.78, 5) is 11.1. The lowest BCUT2D eigenvalue weighted by molar-refractivity contribution is 0.101. The fourth-order valence-electron chi connectivity index (χ4n) is 1.03. The third-order valence-electron chi connectivity index (χ3n) is 1.74. The number of carbonyl (C=O) groups excluding carboxylic acids is 1. The van der Waals surface area contributed by atoms with Gasteiger partial charge in [-0.05, 0) is 6.07 Å². The number of anilines is 1. The van der Waals surface area contributed by atoms with E-state index in [2.05, 4.69) is 0 Å². The Bertz CT molecular complexity index is 368. The average Bonchev–Trinajstić information content (AvgIpc) is 2.17. The van der Waals surface area contributed by atoms with E-state index < -0.39 is 11.6 Å². The van der Waals surface area contributed by atoms with Gasteiger partial charge in [0.1, 0.15) is 11.6 Å². The molecule has 0 radical (unpaired) electrons. The maximum absolute atomic E-state index is 13.2. The molecule has 0 atom stereocenters. The fourth-order valence-corrected chi connectivity index (χ4v) is 1.18. The summed E-state index contributed by atoms with van der Waals surface area (Å²) in [5, 5.41) is 0. The molecule has 0 aliphatic heterocycles. The van der Waals surface area contributed by atoms with Crippen molar-refractivity contribution >= 4 is 23.1 Å². The van der Waals surface area contributed by atoms with Crippen LogP contribution in [-0.2, 0) is 0 Å². The molecule has 0 fully saturated rings. The van der Waals surface area contributed by atoms with Crippen LogP contribution in [0.4, 0.5) is 10.1 Å². The number of ether oxygens (including phenoxy) is 1. The molecule has 0 bridgehead atoms. The maximum Gasteiger partial charge on any atom is 0.180 e. The number of hydrogen-bond acceptors (Lipinski definition) is 3. The SMILES string of the molecule is COc1cc(C(=O)CCl)c(F)cc1N. The highest BCUT2D eigenvalue weighted by atomic mass is 35.5. The Labute approximate surface area is 85.6 Å². The van der Waals surface area contributed by atoms with Gasteiger partial charge in [-0.25, -0.2) is 4.39 Å². The smallest absolute Gasteiger partial charge is 0.180 e. The van der Waals surface area contributed by atoms with Gasteiger partial charge in [-0.15, -0.1) is 11.6 Å². The summed E-state index contributed by atoms with van der Waals surface area (Å²) in [7, 11) is 1.39. The quantitative estimate of drug-likeness (QED) is 0.478. The molecule has 0 heterocycles. The van der Waals surface area contributed by atoms with Gasteiger partial charge < -0.3 is 10.5 Å². The average molecular weight is 218 g/mol. The van der Waals surface area contributed by atoms with Crippen LogP contribution in [0.3, 0.4) is 0 Å². The number of carbonyl (C=O) groups is 1. The first-order valence-corrected chi connectivity index (χ1v) is 4.35. The monoisotopic (exact) mass is 217 g/mol. The molecular formula is C9H9ClFNO2. The Morgan fingerprint density at radius 3 is 2.79 bits per heavy atom. The lowest BCUT2D eigenvalue weighted by Crippen LogP contribution is -2.05. The van der Waals surface area contributed by atoms with Gasteiger partial charge in [0.25, 0.3) is 0 Å². The molecule has 14 heavy (non-hydrogen) atoms. The zero-order valence-corrected chi connectivity index (χ0v) is 8.27. The van der Waals surface area contributed by atoms with Crippen molar-refractivity contribution < 1.29 is 13.9 Å². The minimum atomic E-state index is -0.686. The van der Waals surface area contributed by atoms with Gasteiger partial charge in [0.05, 0.1) is 24.2 Å². The van der Waals surface area contributed by atoms with E-state index in [0.717, 1.165) is 6.07 Å². The van der Waals surface area contributed by atoms with E-state index in [-0.39, 0.29) is 22.9 Å². The van der Waals surface area contributed by atoms with E-state index in [0.29, 0.717) is 0 Å². The van der Waals surface area contributed by atoms with E-state index >= 15 is 0 Å². The Morgan fingerprint density at radius 1 is 1.64 bits per heavy atom. The summed E-state index contributed by atoms with van der Waals surface area (Å²) in [6.07, 6.45) is 0. The third kappa shape index (κ3) is 1.96. The van der Waals surface area contributed by atoms with Gasteiger partial charge in [0, 0.05) is 6.07 Å². The van der Waals surface area contributed by atoms with Crippen LogP contribution < -0.4 is 10.5 Å². The molecule has 3 nitrogen and oxygen atoms in total. The molecule has 1 rings (SSSR count). The molecule has 0 amide bonds. The zero-order valence-electron chi connectivity index (χ0n) is 7.51. The first-order chi connectivity index (χ1) is 6.60. The third-order valence-corrected chi connectivity index (χ3v) is 1.98. The number of ketones is 1. The highest BCUT2D eigenvalue weighted by molar-refractivity contribution is 6.30. The van der Waals surface area contributed by atoms with Crippen LogP contribution in [0.5, 0.6) is 5.75 Å². The number of hydrogen-bond donors (Lipinski definition) is 1. The van der Waals surface area contributed by atoms with Gasteiger partial charge in [0.2, 0.25) is 0 Å². The molecule has 1 aromatic carbocycles. The van der Waals surface area contributed by atoms with Crippen LogP contribution in [-0.4, -0.2) is 18.8 Å². The highest BCUT2D eigenvalue weighted by Crippen LogP contribution is 2.25. The van der Waals surface area contributed by atoms with Crippen molar-refractivity contribution in [3.05, 3.63) is 23.5 Å². The molecular weight excluding hydrogens is 209 g/mol. The van der Waals surface area contributed by atoms with Gasteiger partial charge in [-0.3, -0.25) is 4.79 Å². The molecule has 1 aromatic rings. The predicted molar refractivity (Wildman–Crippen MR) is 52.4 cm³/mol. The number of benzene rings is 1. The summed E-state index contributed by atoms with van der Waals surface area (Å²) in [6, 6.07) is 2.29. The van der Waals surface area contributed by atoms with Crippen molar-refractivity contribution in [1.29, 1.82) is 0 Å². The fraction of sp³-hybridized carbons (Fsp3) is 0.222. The lowest BCUT2D eigenvalue weighted by Gasteiger charge is -2.07. The molecule has 0 aliphatic rings. The summed E-state index contributed by atoms with van der Waals surface area (Å²) in [5.74, 6) is -1.19. The first-order valence-electron chi connectivity index (χ1n) is 3.82. The second kappa shape index (κ2) is 4.28. The molecule has 0 unspecified atom stereocenters. The number of methoxy groups -OCH3 is 1. The molecule has 2 N–H and O–H groups in total. The Balaban J connectivity index is 3.24. The second-order valence-electron chi connectivity index (χ2n) is 2.63. The highest BCUT2D eigenvalue weighted by Gasteiger charge is 2.14. The summed E-state index contributed by atoms with van der Waals surface area (Å²) in [5.41, 5.74) is 5.48. The lowest BCUT2D eigenvalue weighted by atomic mass is 10.1. The van der Waals surface area contributed by atoms with E-state index in [1.807, 2.05) is 0 Å². The number of rotatable bonds is 3. The molecule has 0 spiro atoms. The number of nitrogens with two attached hydrogens (primary N) is 1. The Morgan fingerprint density at radius 2 is 2.29 bits per heavy atom. The molecule has 0 aromatic heterocycles. The van der Waals surface area contributed by atoms with Crippen LogP contribution in [0.2, 0.25) is 0 Å². The number of halogens is 2. The molecule has 76 valence electrons. The van der Waals surface area contributed by atoms with Gasteiger partial charge in [0.15, 0.2) is 5.78 Å². The molecule has 0 saturated heterocycles. The minimum absolute atomic E-state index is 0.106. The Kier molecular flexibility index (Phi) is 3.30. The van der Waals surface area contributed by atoms with Gasteiger partial charge >= 0.3 is 0 Å². The number of Topliss-reactive ketones (excluding diaryl/α,β-unsaturated/α-hetero) is 1. The largest absolute Gasteiger partial charge is 0.495 e. The summed E-state index contributed by atoms with van der Waals surface area (Å²) < 4.78 is 18.0. The van der Waals surface area contributed by atoms with E-state index in [1.165, 1.54) is 13.2 Å². The maximum atomic E-state index is 13.2.